The molecule has 1 aromatic rings. The van der Waals surface area contributed by atoms with Crippen molar-refractivity contribution in [2.75, 3.05) is 16.8 Å². The Balaban J connectivity index is 2.53. The largest absolute Gasteiger partial charge is 0.368 e. The van der Waals surface area contributed by atoms with Crippen molar-refractivity contribution >= 4 is 41.2 Å². The summed E-state index contributed by atoms with van der Waals surface area (Å²) in [6.45, 7) is 10.8. The molecule has 7 nitrogen and oxygen atoms in total. The maximum atomic E-state index is 12.1. The van der Waals surface area contributed by atoms with Crippen LogP contribution in [-0.2, 0) is 4.79 Å². The van der Waals surface area contributed by atoms with Gasteiger partial charge >= 0.3 is 0 Å². The maximum absolute atomic E-state index is 12.1. The average molecular weight is 359 g/mol. The SMILES string of the molecule is CCNc1nc(Cl)nc(N2C(C(C)C)SC(C)(C)C2C(N)=O)n1. The Morgan fingerprint density at radius 1 is 1.43 bits per heavy atom. The standard InChI is InChI=1S/C14H23ClN6OS/c1-6-17-12-18-11(15)19-13(20-12)21-8(9(16)22)14(4,5)23-10(21)7(2)3/h7-8,10H,6H2,1-5H3,(H2,16,22)(H,17,18,19,20). The third-order valence-corrected chi connectivity index (χ3v) is 5.65. The topological polar surface area (TPSA) is 97.0 Å². The third kappa shape index (κ3) is 3.63. The number of halogens is 1. The number of hydrogen-bond acceptors (Lipinski definition) is 7. The van der Waals surface area contributed by atoms with Crippen LogP contribution in [0.2, 0.25) is 5.28 Å². The summed E-state index contributed by atoms with van der Waals surface area (Å²) in [7, 11) is 0. The summed E-state index contributed by atoms with van der Waals surface area (Å²) >= 11 is 7.74. The molecule has 9 heteroatoms. The van der Waals surface area contributed by atoms with Crippen LogP contribution in [0.15, 0.2) is 0 Å². The molecule has 0 spiro atoms. The number of amides is 1. The molecule has 1 aromatic heterocycles. The van der Waals surface area contributed by atoms with Gasteiger partial charge in [0.2, 0.25) is 23.1 Å². The molecule has 1 amide bonds. The van der Waals surface area contributed by atoms with Gasteiger partial charge in [0, 0.05) is 11.3 Å². The highest BCUT2D eigenvalue weighted by atomic mass is 35.5. The number of thioether (sulfide) groups is 1. The van der Waals surface area contributed by atoms with Crippen LogP contribution in [0, 0.1) is 5.92 Å². The molecule has 0 aromatic carbocycles. The quantitative estimate of drug-likeness (QED) is 0.831. The molecular weight excluding hydrogens is 336 g/mol. The monoisotopic (exact) mass is 358 g/mol. The number of carbonyl (C=O) groups excluding carboxylic acids is 1. The van der Waals surface area contributed by atoms with Crippen LogP contribution in [0.1, 0.15) is 34.6 Å². The van der Waals surface area contributed by atoms with Crippen LogP contribution >= 0.6 is 23.4 Å². The summed E-state index contributed by atoms with van der Waals surface area (Å²) < 4.78 is -0.349. The van der Waals surface area contributed by atoms with Crippen LogP contribution in [0.4, 0.5) is 11.9 Å². The van der Waals surface area contributed by atoms with Crippen LogP contribution in [0.3, 0.4) is 0 Å². The molecule has 23 heavy (non-hydrogen) atoms. The van der Waals surface area contributed by atoms with Crippen molar-refractivity contribution in [3.63, 3.8) is 0 Å². The zero-order valence-corrected chi connectivity index (χ0v) is 15.6. The van der Waals surface area contributed by atoms with Crippen LogP contribution in [0.25, 0.3) is 0 Å². The van der Waals surface area contributed by atoms with E-state index in [2.05, 4.69) is 34.1 Å². The molecular formula is C14H23ClN6OS. The van der Waals surface area contributed by atoms with Crippen LogP contribution < -0.4 is 16.0 Å². The summed E-state index contributed by atoms with van der Waals surface area (Å²) in [5, 5.41) is 3.14. The number of primary amides is 1. The molecule has 1 saturated heterocycles. The number of carbonyl (C=O) groups is 1. The van der Waals surface area contributed by atoms with Crippen molar-refractivity contribution in [1.29, 1.82) is 0 Å². The van der Waals surface area contributed by atoms with Crippen molar-refractivity contribution in [3.8, 4) is 0 Å². The molecule has 2 unspecified atom stereocenters. The van der Waals surface area contributed by atoms with Gasteiger partial charge in [0.1, 0.15) is 6.04 Å². The summed E-state index contributed by atoms with van der Waals surface area (Å²) in [6, 6.07) is -0.521. The highest BCUT2D eigenvalue weighted by molar-refractivity contribution is 8.01. The van der Waals surface area contributed by atoms with Gasteiger partial charge in [-0.25, -0.2) is 0 Å². The molecule has 128 valence electrons. The van der Waals surface area contributed by atoms with E-state index in [0.717, 1.165) is 0 Å². The lowest BCUT2D eigenvalue weighted by Gasteiger charge is -2.31. The smallest absolute Gasteiger partial charge is 0.241 e. The number of nitrogens with zero attached hydrogens (tertiary/aromatic N) is 4. The van der Waals surface area contributed by atoms with Gasteiger partial charge in [-0.1, -0.05) is 13.8 Å². The second kappa shape index (κ2) is 6.68. The van der Waals surface area contributed by atoms with E-state index in [1.165, 1.54) is 0 Å². The summed E-state index contributed by atoms with van der Waals surface area (Å²) in [4.78, 5) is 26.7. The number of nitrogens with two attached hydrogens (primary N) is 1. The van der Waals surface area contributed by atoms with E-state index in [1.54, 1.807) is 11.8 Å². The Hall–Kier alpha value is -1.28. The fraction of sp³-hybridized carbons (Fsp3) is 0.714. The van der Waals surface area contributed by atoms with Gasteiger partial charge < -0.3 is 16.0 Å². The van der Waals surface area contributed by atoms with E-state index >= 15 is 0 Å². The molecule has 0 aliphatic carbocycles. The first-order valence-electron chi connectivity index (χ1n) is 7.58. The van der Waals surface area contributed by atoms with Crippen LogP contribution in [0.5, 0.6) is 0 Å². The Morgan fingerprint density at radius 3 is 2.61 bits per heavy atom. The molecule has 0 bridgehead atoms. The summed E-state index contributed by atoms with van der Waals surface area (Å²) in [6.07, 6.45) is 0. The molecule has 1 aliphatic rings. The molecule has 3 N–H and O–H groups in total. The third-order valence-electron chi connectivity index (χ3n) is 3.64. The minimum absolute atomic E-state index is 0.0236. The number of hydrogen-bond donors (Lipinski definition) is 2. The Morgan fingerprint density at radius 2 is 2.09 bits per heavy atom. The second-order valence-corrected chi connectivity index (χ2v) is 8.44. The summed E-state index contributed by atoms with van der Waals surface area (Å²) in [5.74, 6) is 0.651. The van der Waals surface area contributed by atoms with E-state index in [0.29, 0.717) is 18.4 Å². The van der Waals surface area contributed by atoms with Gasteiger partial charge in [-0.3, -0.25) is 4.79 Å². The highest BCUT2D eigenvalue weighted by Gasteiger charge is 2.52. The predicted octanol–water partition coefficient (Wildman–Crippen LogP) is 2.12. The number of rotatable bonds is 5. The molecule has 0 saturated carbocycles. The van der Waals surface area contributed by atoms with Crippen molar-refractivity contribution < 1.29 is 4.79 Å². The molecule has 2 heterocycles. The Kier molecular flexibility index (Phi) is 5.25. The zero-order chi connectivity index (χ0) is 17.4. The minimum atomic E-state index is -0.521. The van der Waals surface area contributed by atoms with E-state index in [1.807, 2.05) is 25.7 Å². The predicted molar refractivity (Wildman–Crippen MR) is 94.8 cm³/mol. The lowest BCUT2D eigenvalue weighted by atomic mass is 10.0. The number of anilines is 2. The molecule has 2 atom stereocenters. The van der Waals surface area contributed by atoms with E-state index in [-0.39, 0.29) is 21.3 Å². The van der Waals surface area contributed by atoms with Crippen molar-refractivity contribution in [3.05, 3.63) is 5.28 Å². The van der Waals surface area contributed by atoms with E-state index < -0.39 is 11.9 Å². The van der Waals surface area contributed by atoms with E-state index in [4.69, 9.17) is 17.3 Å². The maximum Gasteiger partial charge on any atom is 0.241 e. The fourth-order valence-corrected chi connectivity index (χ4v) is 4.51. The normalized spacial score (nSPS) is 23.3. The van der Waals surface area contributed by atoms with E-state index in [9.17, 15) is 4.79 Å². The van der Waals surface area contributed by atoms with Gasteiger partial charge in [0.25, 0.3) is 0 Å². The average Bonchev–Trinajstić information content (AvgIpc) is 2.70. The summed E-state index contributed by atoms with van der Waals surface area (Å²) in [5.41, 5.74) is 5.68. The zero-order valence-electron chi connectivity index (χ0n) is 14.0. The minimum Gasteiger partial charge on any atom is -0.368 e. The lowest BCUT2D eigenvalue weighted by molar-refractivity contribution is -0.119. The molecule has 1 aliphatic heterocycles. The molecule has 2 rings (SSSR count). The van der Waals surface area contributed by atoms with Crippen molar-refractivity contribution in [1.82, 2.24) is 15.0 Å². The van der Waals surface area contributed by atoms with Crippen molar-refractivity contribution in [2.24, 2.45) is 11.7 Å². The Labute approximate surface area is 145 Å². The van der Waals surface area contributed by atoms with Gasteiger partial charge in [-0.15, -0.1) is 11.8 Å². The first-order valence-corrected chi connectivity index (χ1v) is 8.84. The second-order valence-electron chi connectivity index (χ2n) is 6.33. The highest BCUT2D eigenvalue weighted by Crippen LogP contribution is 2.48. The number of nitrogens with one attached hydrogen (secondary N) is 1. The van der Waals surface area contributed by atoms with Crippen LogP contribution in [-0.4, -0.2) is 43.6 Å². The van der Waals surface area contributed by atoms with Gasteiger partial charge in [-0.05, 0) is 38.3 Å². The van der Waals surface area contributed by atoms with Gasteiger partial charge in [0.05, 0.1) is 5.37 Å². The lowest BCUT2D eigenvalue weighted by Crippen LogP contribution is -2.52. The first-order chi connectivity index (χ1) is 10.7. The van der Waals surface area contributed by atoms with Crippen molar-refractivity contribution in [2.45, 2.75) is 50.8 Å². The fourth-order valence-electron chi connectivity index (χ4n) is 2.77. The van der Waals surface area contributed by atoms with Gasteiger partial charge in [-0.2, -0.15) is 15.0 Å². The molecule has 0 radical (unpaired) electrons. The number of aromatic nitrogens is 3. The molecule has 1 fully saturated rings. The Bertz CT molecular complexity index is 597. The first kappa shape index (κ1) is 18.1. The van der Waals surface area contributed by atoms with Gasteiger partial charge in [0.15, 0.2) is 0 Å².